The van der Waals surface area contributed by atoms with Crippen molar-refractivity contribution >= 4 is 58.2 Å². The number of benzene rings is 2. The van der Waals surface area contributed by atoms with Gasteiger partial charge in [-0.15, -0.1) is 11.3 Å². The van der Waals surface area contributed by atoms with Crippen molar-refractivity contribution in [3.63, 3.8) is 0 Å². The Hall–Kier alpha value is -4.04. The lowest BCUT2D eigenvalue weighted by atomic mass is 9.83. The standard InChI is InChI=1S/C43H54Cl2N4O8S/c1-25-17-31(44)38(32(45)18-25)55-16-15-54-24-36-46-20-35(58-36)30-19-29-22-47(40(51)56-42(3,4)5)23-33(49(29)41(52)57-43(6,7)8)37(30)39(50)48(28-13-14-28)21-27-11-10-12-34(53-9)26(27)2/h10-12,17-18,20,28-29,33H,13-16,19,21-24H2,1-9H3/t29?,33-/m1/s1. The molecule has 3 aromatic rings. The molecule has 0 N–H and O–H groups in total. The summed E-state index contributed by atoms with van der Waals surface area (Å²) in [7, 11) is 1.63. The first-order valence-corrected chi connectivity index (χ1v) is 21.2. The number of methoxy groups -OCH3 is 1. The van der Waals surface area contributed by atoms with E-state index in [1.165, 1.54) is 11.3 Å². The van der Waals surface area contributed by atoms with Crippen LogP contribution < -0.4 is 9.47 Å². The number of rotatable bonds is 12. The summed E-state index contributed by atoms with van der Waals surface area (Å²) in [6.45, 7) is 16.1. The van der Waals surface area contributed by atoms with Crippen LogP contribution >= 0.6 is 34.5 Å². The fourth-order valence-electron chi connectivity index (χ4n) is 7.33. The molecule has 58 heavy (non-hydrogen) atoms. The molecule has 0 radical (unpaired) electrons. The van der Waals surface area contributed by atoms with Gasteiger partial charge in [-0.2, -0.15) is 0 Å². The van der Waals surface area contributed by atoms with E-state index in [0.29, 0.717) is 39.3 Å². The lowest BCUT2D eigenvalue weighted by Crippen LogP contribution is -2.66. The Morgan fingerprint density at radius 1 is 0.948 bits per heavy atom. The van der Waals surface area contributed by atoms with Crippen molar-refractivity contribution in [3.05, 3.63) is 78.7 Å². The van der Waals surface area contributed by atoms with Gasteiger partial charge >= 0.3 is 12.2 Å². The van der Waals surface area contributed by atoms with Crippen LogP contribution in [0.3, 0.4) is 0 Å². The molecule has 3 aliphatic rings. The Labute approximate surface area is 355 Å². The van der Waals surface area contributed by atoms with Crippen molar-refractivity contribution in [2.24, 2.45) is 0 Å². The SMILES string of the molecule is COc1cccc(CN(C(=O)C2=C(c3cnc(COCCOc4c(Cl)cc(C)cc4Cl)s3)CC3CN(C(=O)OC(C)(C)C)C[C@H]2N3C(=O)OC(C)(C)C)C2CC2)c1C. The molecule has 2 fully saturated rings. The molecule has 2 aliphatic heterocycles. The number of thiazole rings is 1. The van der Waals surface area contributed by atoms with Crippen molar-refractivity contribution in [2.75, 3.05) is 33.4 Å². The number of ether oxygens (including phenoxy) is 5. The topological polar surface area (TPSA) is 120 Å². The fourth-order valence-corrected chi connectivity index (χ4v) is 8.95. The molecule has 1 unspecified atom stereocenters. The minimum Gasteiger partial charge on any atom is -0.496 e. The molecular weight excluding hydrogens is 803 g/mol. The Bertz CT molecular complexity index is 2030. The highest BCUT2D eigenvalue weighted by Crippen LogP contribution is 2.43. The number of hydrogen-bond donors (Lipinski definition) is 0. The Balaban J connectivity index is 1.34. The molecule has 3 amide bonds. The molecule has 0 spiro atoms. The van der Waals surface area contributed by atoms with Gasteiger partial charge in [0.2, 0.25) is 0 Å². The average Bonchev–Trinajstić information content (AvgIpc) is 3.85. The van der Waals surface area contributed by atoms with Crippen LogP contribution in [-0.2, 0) is 32.2 Å². The summed E-state index contributed by atoms with van der Waals surface area (Å²) < 4.78 is 29.2. The summed E-state index contributed by atoms with van der Waals surface area (Å²) in [5.74, 6) is 0.958. The third kappa shape index (κ3) is 10.4. The van der Waals surface area contributed by atoms with Crippen LogP contribution in [0.15, 0.2) is 42.1 Å². The minimum absolute atomic E-state index is 0.0161. The smallest absolute Gasteiger partial charge is 0.411 e. The number of aryl methyl sites for hydroxylation is 1. The van der Waals surface area contributed by atoms with Crippen LogP contribution in [0.1, 0.15) is 87.4 Å². The fraction of sp³-hybridized carbons (Fsp3) is 0.535. The van der Waals surface area contributed by atoms with Crippen LogP contribution in [-0.4, -0.2) is 101 Å². The second kappa shape index (κ2) is 17.7. The second-order valence-electron chi connectivity index (χ2n) is 17.0. The third-order valence-electron chi connectivity index (χ3n) is 10.0. The van der Waals surface area contributed by atoms with Crippen molar-refractivity contribution in [2.45, 2.75) is 117 Å². The predicted octanol–water partition coefficient (Wildman–Crippen LogP) is 9.24. The van der Waals surface area contributed by atoms with Crippen LogP contribution in [0.4, 0.5) is 9.59 Å². The van der Waals surface area contributed by atoms with E-state index in [0.717, 1.165) is 45.7 Å². The van der Waals surface area contributed by atoms with Gasteiger partial charge in [0, 0.05) is 37.4 Å². The molecule has 1 aliphatic carbocycles. The van der Waals surface area contributed by atoms with E-state index in [1.54, 1.807) is 35.2 Å². The normalized spacial score (nSPS) is 18.3. The number of halogens is 2. The second-order valence-corrected chi connectivity index (χ2v) is 19.0. The Morgan fingerprint density at radius 2 is 1.62 bits per heavy atom. The van der Waals surface area contributed by atoms with E-state index >= 15 is 4.79 Å². The van der Waals surface area contributed by atoms with Gasteiger partial charge in [-0.05, 0) is 115 Å². The quantitative estimate of drug-likeness (QED) is 0.164. The van der Waals surface area contributed by atoms with Gasteiger partial charge in [-0.25, -0.2) is 14.6 Å². The zero-order chi connectivity index (χ0) is 42.1. The maximum absolute atomic E-state index is 15.4. The monoisotopic (exact) mass is 856 g/mol. The molecule has 2 atom stereocenters. The maximum Gasteiger partial charge on any atom is 0.411 e. The van der Waals surface area contributed by atoms with Gasteiger partial charge in [0.15, 0.2) is 5.75 Å². The van der Waals surface area contributed by atoms with Crippen LogP contribution in [0.5, 0.6) is 11.5 Å². The Morgan fingerprint density at radius 3 is 2.26 bits per heavy atom. The molecule has 2 aromatic carbocycles. The van der Waals surface area contributed by atoms with Crippen LogP contribution in [0.25, 0.3) is 5.57 Å². The number of hydrogen-bond acceptors (Lipinski definition) is 10. The van der Waals surface area contributed by atoms with Gasteiger partial charge < -0.3 is 33.5 Å². The number of fused-ring (bicyclic) bond motifs is 2. The van der Waals surface area contributed by atoms with Crippen LogP contribution in [0, 0.1) is 13.8 Å². The van der Waals surface area contributed by atoms with E-state index in [2.05, 4.69) is 0 Å². The molecule has 12 nitrogen and oxygen atoms in total. The number of carbonyl (C=O) groups excluding carboxylic acids is 3. The summed E-state index contributed by atoms with van der Waals surface area (Å²) in [5, 5.41) is 1.58. The third-order valence-corrected chi connectivity index (χ3v) is 11.6. The molecule has 15 heteroatoms. The molecule has 1 aromatic heterocycles. The van der Waals surface area contributed by atoms with Crippen molar-refractivity contribution in [1.29, 1.82) is 0 Å². The maximum atomic E-state index is 15.4. The van der Waals surface area contributed by atoms with E-state index < -0.39 is 35.5 Å². The highest BCUT2D eigenvalue weighted by atomic mass is 35.5. The summed E-state index contributed by atoms with van der Waals surface area (Å²) >= 11 is 14.1. The lowest BCUT2D eigenvalue weighted by molar-refractivity contribution is -0.129. The molecule has 2 bridgehead atoms. The van der Waals surface area contributed by atoms with Gasteiger partial charge in [-0.3, -0.25) is 9.69 Å². The zero-order valence-corrected chi connectivity index (χ0v) is 37.1. The molecule has 1 saturated carbocycles. The van der Waals surface area contributed by atoms with Crippen molar-refractivity contribution < 1.29 is 38.1 Å². The average molecular weight is 858 g/mol. The van der Waals surface area contributed by atoms with Crippen LogP contribution in [0.2, 0.25) is 10.0 Å². The zero-order valence-electron chi connectivity index (χ0n) is 34.8. The van der Waals surface area contributed by atoms with E-state index in [4.69, 9.17) is 51.9 Å². The highest BCUT2D eigenvalue weighted by Gasteiger charge is 2.51. The summed E-state index contributed by atoms with van der Waals surface area (Å²) in [4.78, 5) is 53.9. The summed E-state index contributed by atoms with van der Waals surface area (Å²) in [6, 6.07) is 8.13. The highest BCUT2D eigenvalue weighted by molar-refractivity contribution is 7.12. The lowest BCUT2D eigenvalue weighted by Gasteiger charge is -2.51. The first-order valence-electron chi connectivity index (χ1n) is 19.6. The van der Waals surface area contributed by atoms with Gasteiger partial charge in [-0.1, -0.05) is 35.3 Å². The number of amides is 3. The summed E-state index contributed by atoms with van der Waals surface area (Å²) in [6.07, 6.45) is 2.75. The number of piperazine rings is 1. The van der Waals surface area contributed by atoms with Gasteiger partial charge in [0.25, 0.3) is 5.91 Å². The van der Waals surface area contributed by atoms with E-state index in [1.807, 2.05) is 78.5 Å². The molecular formula is C43H54Cl2N4O8S. The molecule has 314 valence electrons. The summed E-state index contributed by atoms with van der Waals surface area (Å²) in [5.41, 5.74) is 2.57. The van der Waals surface area contributed by atoms with Gasteiger partial charge in [0.1, 0.15) is 28.6 Å². The van der Waals surface area contributed by atoms with Crippen molar-refractivity contribution in [3.8, 4) is 11.5 Å². The number of aromatic nitrogens is 1. The molecule has 3 heterocycles. The first kappa shape index (κ1) is 43.5. The number of carbonyl (C=O) groups is 3. The van der Waals surface area contributed by atoms with Gasteiger partial charge in [0.05, 0.1) is 47.3 Å². The Kier molecular flexibility index (Phi) is 13.3. The van der Waals surface area contributed by atoms with E-state index in [-0.39, 0.29) is 44.9 Å². The minimum atomic E-state index is -0.815. The molecule has 1 saturated heterocycles. The predicted molar refractivity (Wildman–Crippen MR) is 225 cm³/mol. The largest absolute Gasteiger partial charge is 0.496 e. The first-order chi connectivity index (χ1) is 27.3. The number of nitrogens with zero attached hydrogens (tertiary/aromatic N) is 4. The molecule has 6 rings (SSSR count). The van der Waals surface area contributed by atoms with E-state index in [9.17, 15) is 9.59 Å². The van der Waals surface area contributed by atoms with Crippen molar-refractivity contribution in [1.82, 2.24) is 19.7 Å².